The average molecular weight is 642 g/mol. The molecule has 0 aliphatic carbocycles. The molecule has 10 aromatic rings. The Morgan fingerprint density at radius 3 is 1.86 bits per heavy atom. The molecule has 0 N–H and O–H groups in total. The number of fused-ring (bicyclic) bond motifs is 7. The van der Waals surface area contributed by atoms with Crippen LogP contribution in [0.2, 0.25) is 0 Å². The van der Waals surface area contributed by atoms with Gasteiger partial charge in [-0.1, -0.05) is 140 Å². The largest absolute Gasteiger partial charge is 0.208 e. The highest BCUT2D eigenvalue weighted by Crippen LogP contribution is 2.41. The third-order valence-electron chi connectivity index (χ3n) is 9.52. The molecule has 0 spiro atoms. The lowest BCUT2D eigenvalue weighted by atomic mass is 9.93. The van der Waals surface area contributed by atoms with E-state index < -0.39 is 0 Å². The molecule has 8 aromatic carbocycles. The maximum atomic E-state index is 5.35. The molecule has 0 saturated carbocycles. The van der Waals surface area contributed by atoms with E-state index in [-0.39, 0.29) is 0 Å². The Balaban J connectivity index is 1.26. The summed E-state index contributed by atoms with van der Waals surface area (Å²) in [6.07, 6.45) is 0. The van der Waals surface area contributed by atoms with E-state index in [1.165, 1.54) is 36.3 Å². The Labute approximate surface area is 286 Å². The lowest BCUT2D eigenvalue weighted by Crippen LogP contribution is -2.02. The summed E-state index contributed by atoms with van der Waals surface area (Å²) in [5, 5.41) is 9.55. The lowest BCUT2D eigenvalue weighted by molar-refractivity contribution is 1.08. The predicted octanol–water partition coefficient (Wildman–Crippen LogP) is 12.4. The van der Waals surface area contributed by atoms with Gasteiger partial charge in [-0.05, 0) is 67.7 Å². The first-order valence-electron chi connectivity index (χ1n) is 16.4. The Morgan fingerprint density at radius 2 is 0.980 bits per heavy atom. The van der Waals surface area contributed by atoms with Gasteiger partial charge >= 0.3 is 0 Å². The van der Waals surface area contributed by atoms with E-state index in [0.717, 1.165) is 44.0 Å². The summed E-state index contributed by atoms with van der Waals surface area (Å²) >= 11 is 1.83. The van der Waals surface area contributed by atoms with Crippen molar-refractivity contribution in [2.45, 2.75) is 0 Å². The van der Waals surface area contributed by atoms with E-state index in [2.05, 4.69) is 146 Å². The summed E-state index contributed by atoms with van der Waals surface area (Å²) in [6.45, 7) is 0. The molecule has 228 valence electrons. The second-order valence-corrected chi connectivity index (χ2v) is 13.5. The number of hydrogen-bond donors (Lipinski definition) is 0. The van der Waals surface area contributed by atoms with E-state index in [1.807, 2.05) is 29.5 Å². The molecule has 10 rings (SSSR count). The highest BCUT2D eigenvalue weighted by Gasteiger charge is 2.20. The van der Waals surface area contributed by atoms with Crippen LogP contribution in [-0.4, -0.2) is 15.0 Å². The van der Waals surface area contributed by atoms with Crippen LogP contribution in [-0.2, 0) is 0 Å². The number of benzene rings is 8. The molecule has 0 aliphatic heterocycles. The highest BCUT2D eigenvalue weighted by atomic mass is 32.1. The lowest BCUT2D eigenvalue weighted by Gasteiger charge is -2.15. The van der Waals surface area contributed by atoms with Crippen molar-refractivity contribution in [3.63, 3.8) is 0 Å². The summed E-state index contributed by atoms with van der Waals surface area (Å²) in [4.78, 5) is 15.8. The Hall–Kier alpha value is -6.23. The standard InChI is InChI=1S/C45H27N3S/c1-2-13-29(14-3-1)43-46-44(37-20-9-8-17-33(37)31-23-25-41-39(27-31)35-19-10-11-21-40(35)49-41)48-45(47-43)42-34-18-7-5-15-30(34)26-38-32-16-6-4-12-28(32)22-24-36(38)42/h1-27H. The number of hydrogen-bond acceptors (Lipinski definition) is 4. The fourth-order valence-corrected chi connectivity index (χ4v) is 8.30. The quantitative estimate of drug-likeness (QED) is 0.142. The number of aromatic nitrogens is 3. The van der Waals surface area contributed by atoms with Gasteiger partial charge in [-0.2, -0.15) is 0 Å². The van der Waals surface area contributed by atoms with E-state index in [1.54, 1.807) is 0 Å². The fourth-order valence-electron chi connectivity index (χ4n) is 7.21. The first-order chi connectivity index (χ1) is 24.3. The van der Waals surface area contributed by atoms with E-state index in [9.17, 15) is 0 Å². The van der Waals surface area contributed by atoms with Gasteiger partial charge in [0.25, 0.3) is 0 Å². The van der Waals surface area contributed by atoms with E-state index in [4.69, 9.17) is 15.0 Å². The van der Waals surface area contributed by atoms with Gasteiger partial charge in [0.05, 0.1) is 0 Å². The van der Waals surface area contributed by atoms with Crippen molar-refractivity contribution in [3.05, 3.63) is 164 Å². The molecule has 0 saturated heterocycles. The highest BCUT2D eigenvalue weighted by molar-refractivity contribution is 7.25. The van der Waals surface area contributed by atoms with Crippen LogP contribution < -0.4 is 0 Å². The number of rotatable bonds is 4. The van der Waals surface area contributed by atoms with Crippen LogP contribution in [0.4, 0.5) is 0 Å². The molecule has 0 aliphatic rings. The molecule has 2 aromatic heterocycles. The van der Waals surface area contributed by atoms with Crippen molar-refractivity contribution in [2.75, 3.05) is 0 Å². The zero-order chi connectivity index (χ0) is 32.3. The van der Waals surface area contributed by atoms with Gasteiger partial charge < -0.3 is 0 Å². The summed E-state index contributed by atoms with van der Waals surface area (Å²) < 4.78 is 2.58. The average Bonchev–Trinajstić information content (AvgIpc) is 3.55. The molecule has 0 atom stereocenters. The number of nitrogens with zero attached hydrogens (tertiary/aromatic N) is 3. The van der Waals surface area contributed by atoms with Crippen molar-refractivity contribution in [3.8, 4) is 45.3 Å². The monoisotopic (exact) mass is 641 g/mol. The van der Waals surface area contributed by atoms with Gasteiger partial charge in [0.1, 0.15) is 0 Å². The van der Waals surface area contributed by atoms with Gasteiger partial charge in [0, 0.05) is 36.9 Å². The minimum Gasteiger partial charge on any atom is -0.208 e. The first kappa shape index (κ1) is 27.8. The summed E-state index contributed by atoms with van der Waals surface area (Å²) in [6, 6.07) is 58.0. The maximum Gasteiger partial charge on any atom is 0.165 e. The maximum absolute atomic E-state index is 5.35. The van der Waals surface area contributed by atoms with Crippen LogP contribution in [0, 0.1) is 0 Å². The molecule has 3 nitrogen and oxygen atoms in total. The van der Waals surface area contributed by atoms with Gasteiger partial charge in [-0.25, -0.2) is 15.0 Å². The van der Waals surface area contributed by atoms with Crippen LogP contribution in [0.1, 0.15) is 0 Å². The van der Waals surface area contributed by atoms with Gasteiger partial charge in [-0.3, -0.25) is 0 Å². The molecular weight excluding hydrogens is 615 g/mol. The minimum atomic E-state index is 0.650. The van der Waals surface area contributed by atoms with E-state index >= 15 is 0 Å². The molecule has 0 radical (unpaired) electrons. The first-order valence-corrected chi connectivity index (χ1v) is 17.3. The Bertz CT molecular complexity index is 2890. The van der Waals surface area contributed by atoms with Crippen LogP contribution >= 0.6 is 11.3 Å². The van der Waals surface area contributed by atoms with Crippen molar-refractivity contribution in [1.82, 2.24) is 15.0 Å². The molecule has 0 bridgehead atoms. The summed E-state index contributed by atoms with van der Waals surface area (Å²) in [7, 11) is 0. The third-order valence-corrected chi connectivity index (χ3v) is 10.7. The Morgan fingerprint density at radius 1 is 0.327 bits per heavy atom. The van der Waals surface area contributed by atoms with Gasteiger partial charge in [0.2, 0.25) is 0 Å². The van der Waals surface area contributed by atoms with Gasteiger partial charge in [0.15, 0.2) is 17.5 Å². The molecule has 0 fully saturated rings. The second-order valence-electron chi connectivity index (χ2n) is 12.4. The molecule has 4 heteroatoms. The van der Waals surface area contributed by atoms with Crippen molar-refractivity contribution >= 4 is 63.8 Å². The third kappa shape index (κ3) is 4.61. The van der Waals surface area contributed by atoms with Crippen LogP contribution in [0.5, 0.6) is 0 Å². The zero-order valence-corrected chi connectivity index (χ0v) is 27.2. The smallest absolute Gasteiger partial charge is 0.165 e. The predicted molar refractivity (Wildman–Crippen MR) is 207 cm³/mol. The van der Waals surface area contributed by atoms with Crippen LogP contribution in [0.25, 0.3) is 97.8 Å². The zero-order valence-electron chi connectivity index (χ0n) is 26.3. The van der Waals surface area contributed by atoms with Crippen LogP contribution in [0.15, 0.2) is 164 Å². The van der Waals surface area contributed by atoms with E-state index in [0.29, 0.717) is 17.5 Å². The van der Waals surface area contributed by atoms with Gasteiger partial charge in [-0.15, -0.1) is 11.3 Å². The molecule has 2 heterocycles. The minimum absolute atomic E-state index is 0.650. The SMILES string of the molecule is c1ccc(-c2nc(-c3ccccc3-c3ccc4sc5ccccc5c4c3)nc(-c3c4ccccc4cc4c3ccc3ccccc34)n2)cc1. The van der Waals surface area contributed by atoms with Crippen LogP contribution in [0.3, 0.4) is 0 Å². The summed E-state index contributed by atoms with van der Waals surface area (Å²) in [5.74, 6) is 1.96. The Kier molecular flexibility index (Phi) is 6.36. The summed E-state index contributed by atoms with van der Waals surface area (Å²) in [5.41, 5.74) is 5.16. The number of thiophene rings is 1. The van der Waals surface area contributed by atoms with Crippen molar-refractivity contribution < 1.29 is 0 Å². The molecule has 0 amide bonds. The molecular formula is C45H27N3S. The topological polar surface area (TPSA) is 38.7 Å². The molecule has 49 heavy (non-hydrogen) atoms. The fraction of sp³-hybridized carbons (Fsp3) is 0. The van der Waals surface area contributed by atoms with Crippen molar-refractivity contribution in [2.24, 2.45) is 0 Å². The normalized spacial score (nSPS) is 11.7. The second kappa shape index (κ2) is 11.2. The molecule has 0 unspecified atom stereocenters. The van der Waals surface area contributed by atoms with Crippen molar-refractivity contribution in [1.29, 1.82) is 0 Å².